The summed E-state index contributed by atoms with van der Waals surface area (Å²) >= 11 is 5.91. The molecule has 1 N–H and O–H groups in total. The molecule has 0 saturated heterocycles. The van der Waals surface area contributed by atoms with Gasteiger partial charge in [0.05, 0.1) is 11.1 Å². The molecule has 1 aromatic carbocycles. The van der Waals surface area contributed by atoms with Gasteiger partial charge in [0.15, 0.2) is 0 Å². The van der Waals surface area contributed by atoms with E-state index in [1.54, 1.807) is 30.1 Å². The van der Waals surface area contributed by atoms with Gasteiger partial charge in [0, 0.05) is 24.2 Å². The maximum atomic E-state index is 12.1. The number of rotatable bonds is 5. The summed E-state index contributed by atoms with van der Waals surface area (Å²) in [6.07, 6.45) is 3.46. The first-order valence-corrected chi connectivity index (χ1v) is 8.45. The summed E-state index contributed by atoms with van der Waals surface area (Å²) in [7, 11) is -3.91. The van der Waals surface area contributed by atoms with Crippen molar-refractivity contribution in [1.82, 2.24) is 14.5 Å². The summed E-state index contributed by atoms with van der Waals surface area (Å²) in [5.74, 6) is -0.593. The van der Waals surface area contributed by atoms with Gasteiger partial charge in [-0.25, -0.2) is 13.1 Å². The van der Waals surface area contributed by atoms with Gasteiger partial charge in [-0.3, -0.25) is 9.48 Å². The second-order valence-corrected chi connectivity index (χ2v) is 7.06. The van der Waals surface area contributed by atoms with E-state index in [0.717, 1.165) is 11.1 Å². The number of nitrogens with zero attached hydrogens (tertiary/aromatic N) is 2. The van der Waals surface area contributed by atoms with Crippen molar-refractivity contribution < 1.29 is 13.2 Å². The Labute approximate surface area is 134 Å². The molecule has 0 radical (unpaired) electrons. The van der Waals surface area contributed by atoms with Gasteiger partial charge >= 0.3 is 0 Å². The summed E-state index contributed by atoms with van der Waals surface area (Å²) in [4.78, 5) is 11.8. The molecule has 0 aliphatic rings. The molecular formula is C14H16ClN3O3S. The zero-order chi connectivity index (χ0) is 16.3. The molecular weight excluding hydrogens is 326 g/mol. The third-order valence-electron chi connectivity index (χ3n) is 3.03. The Hall–Kier alpha value is -1.86. The zero-order valence-corrected chi connectivity index (χ0v) is 13.8. The normalized spacial score (nSPS) is 11.4. The van der Waals surface area contributed by atoms with E-state index in [4.69, 9.17) is 11.6 Å². The van der Waals surface area contributed by atoms with E-state index in [9.17, 15) is 13.2 Å². The molecule has 1 amide bonds. The smallest absolute Gasteiger partial charge is 0.264 e. The van der Waals surface area contributed by atoms with E-state index in [1.165, 1.54) is 12.1 Å². The molecule has 0 fully saturated rings. The van der Waals surface area contributed by atoms with Crippen LogP contribution in [-0.4, -0.2) is 24.1 Å². The molecule has 0 spiro atoms. The molecule has 0 aliphatic carbocycles. The van der Waals surface area contributed by atoms with Crippen molar-refractivity contribution in [2.45, 2.75) is 31.7 Å². The number of carbonyl (C=O) groups excluding carboxylic acids is 1. The number of benzene rings is 1. The maximum Gasteiger partial charge on any atom is 0.264 e. The third-order valence-corrected chi connectivity index (χ3v) is 4.81. The van der Waals surface area contributed by atoms with E-state index >= 15 is 0 Å². The highest BCUT2D eigenvalue weighted by molar-refractivity contribution is 7.90. The Morgan fingerprint density at radius 3 is 2.68 bits per heavy atom. The summed E-state index contributed by atoms with van der Waals surface area (Å²) in [5, 5.41) is 4.37. The average Bonchev–Trinajstić information content (AvgIpc) is 2.85. The van der Waals surface area contributed by atoms with Gasteiger partial charge in [-0.1, -0.05) is 17.7 Å². The van der Waals surface area contributed by atoms with E-state index < -0.39 is 15.9 Å². The van der Waals surface area contributed by atoms with Gasteiger partial charge in [-0.15, -0.1) is 0 Å². The molecule has 1 heterocycles. The number of halogens is 1. The predicted octanol–water partition coefficient (Wildman–Crippen LogP) is 2.05. The maximum absolute atomic E-state index is 12.1. The Morgan fingerprint density at radius 2 is 2.09 bits per heavy atom. The first-order chi connectivity index (χ1) is 10.3. The first-order valence-electron chi connectivity index (χ1n) is 6.59. The Morgan fingerprint density at radius 1 is 1.36 bits per heavy atom. The van der Waals surface area contributed by atoms with E-state index in [1.807, 2.05) is 11.6 Å². The molecule has 0 aliphatic heterocycles. The minimum absolute atomic E-state index is 0.0138. The van der Waals surface area contributed by atoms with Gasteiger partial charge in [0.2, 0.25) is 5.91 Å². The number of carbonyl (C=O) groups is 1. The van der Waals surface area contributed by atoms with Crippen molar-refractivity contribution in [3.63, 3.8) is 0 Å². The summed E-state index contributed by atoms with van der Waals surface area (Å²) in [6.45, 7) is 3.96. The molecule has 0 atom stereocenters. The third kappa shape index (κ3) is 4.08. The fraction of sp³-hybridized carbons (Fsp3) is 0.286. The molecule has 6 nitrogen and oxygen atoms in total. The number of amides is 1. The van der Waals surface area contributed by atoms with Crippen molar-refractivity contribution in [1.29, 1.82) is 0 Å². The number of aryl methyl sites for hydroxylation is 3. The lowest BCUT2D eigenvalue weighted by molar-refractivity contribution is -0.119. The van der Waals surface area contributed by atoms with Crippen molar-refractivity contribution in [2.24, 2.45) is 0 Å². The van der Waals surface area contributed by atoms with Crippen LogP contribution in [-0.2, 0) is 21.4 Å². The number of nitrogens with one attached hydrogen (secondary N) is 1. The van der Waals surface area contributed by atoms with Crippen molar-refractivity contribution in [3.8, 4) is 0 Å². The Balaban J connectivity index is 2.01. The summed E-state index contributed by atoms with van der Waals surface area (Å²) < 4.78 is 27.8. The average molecular weight is 342 g/mol. The highest BCUT2D eigenvalue weighted by atomic mass is 35.5. The van der Waals surface area contributed by atoms with E-state index in [2.05, 4.69) is 5.10 Å². The van der Waals surface area contributed by atoms with Crippen LogP contribution in [0.1, 0.15) is 17.5 Å². The lowest BCUT2D eigenvalue weighted by atomic mass is 10.2. The molecule has 0 unspecified atom stereocenters. The number of aromatic nitrogens is 2. The quantitative estimate of drug-likeness (QED) is 0.902. The molecule has 118 valence electrons. The highest BCUT2D eigenvalue weighted by Crippen LogP contribution is 2.19. The highest BCUT2D eigenvalue weighted by Gasteiger charge is 2.18. The Kier molecular flexibility index (Phi) is 4.87. The lowest BCUT2D eigenvalue weighted by Gasteiger charge is -2.08. The molecule has 8 heteroatoms. The fourth-order valence-electron chi connectivity index (χ4n) is 1.81. The number of sulfonamides is 1. The van der Waals surface area contributed by atoms with Crippen LogP contribution in [0.2, 0.25) is 5.02 Å². The molecule has 0 saturated carbocycles. The molecule has 2 aromatic rings. The molecule has 1 aromatic heterocycles. The topological polar surface area (TPSA) is 81.1 Å². The van der Waals surface area contributed by atoms with Crippen LogP contribution in [0, 0.1) is 13.8 Å². The molecule has 0 bridgehead atoms. The fourth-order valence-corrected chi connectivity index (χ4v) is 3.09. The predicted molar refractivity (Wildman–Crippen MR) is 83.1 cm³/mol. The minimum atomic E-state index is -3.91. The largest absolute Gasteiger partial charge is 0.274 e. The van der Waals surface area contributed by atoms with E-state index in [-0.39, 0.29) is 11.3 Å². The van der Waals surface area contributed by atoms with Crippen LogP contribution in [0.5, 0.6) is 0 Å². The van der Waals surface area contributed by atoms with Crippen molar-refractivity contribution >= 4 is 27.5 Å². The standard InChI is InChI=1S/C14H16ClN3O3S/c1-10-8-16-18(9-10)6-5-14(19)17-22(20,21)12-4-3-11(2)13(15)7-12/h3-4,7-9H,5-6H2,1-2H3,(H,17,19). The molecule has 2 rings (SSSR count). The lowest BCUT2D eigenvalue weighted by Crippen LogP contribution is -2.31. The number of hydrogen-bond donors (Lipinski definition) is 1. The van der Waals surface area contributed by atoms with Gasteiger partial charge in [-0.05, 0) is 37.1 Å². The monoisotopic (exact) mass is 341 g/mol. The van der Waals surface area contributed by atoms with Gasteiger partial charge < -0.3 is 0 Å². The van der Waals surface area contributed by atoms with E-state index in [0.29, 0.717) is 11.6 Å². The minimum Gasteiger partial charge on any atom is -0.274 e. The number of hydrogen-bond acceptors (Lipinski definition) is 4. The van der Waals surface area contributed by atoms with Crippen LogP contribution >= 0.6 is 11.6 Å². The van der Waals surface area contributed by atoms with Gasteiger partial charge in [0.25, 0.3) is 10.0 Å². The zero-order valence-electron chi connectivity index (χ0n) is 12.2. The van der Waals surface area contributed by atoms with Crippen LogP contribution in [0.3, 0.4) is 0 Å². The van der Waals surface area contributed by atoms with Gasteiger partial charge in [-0.2, -0.15) is 5.10 Å². The second-order valence-electron chi connectivity index (χ2n) is 4.97. The van der Waals surface area contributed by atoms with Crippen molar-refractivity contribution in [3.05, 3.63) is 46.7 Å². The summed E-state index contributed by atoms with van der Waals surface area (Å²) in [5.41, 5.74) is 1.74. The van der Waals surface area contributed by atoms with Crippen LogP contribution in [0.15, 0.2) is 35.5 Å². The van der Waals surface area contributed by atoms with Crippen LogP contribution < -0.4 is 4.72 Å². The first kappa shape index (κ1) is 16.5. The van der Waals surface area contributed by atoms with Crippen molar-refractivity contribution in [2.75, 3.05) is 0 Å². The Bertz CT molecular complexity index is 799. The van der Waals surface area contributed by atoms with Crippen LogP contribution in [0.4, 0.5) is 0 Å². The second kappa shape index (κ2) is 6.50. The summed E-state index contributed by atoms with van der Waals surface area (Å²) in [6, 6.07) is 4.32. The SMILES string of the molecule is Cc1cnn(CCC(=O)NS(=O)(=O)c2ccc(C)c(Cl)c2)c1. The van der Waals surface area contributed by atoms with Crippen LogP contribution in [0.25, 0.3) is 0 Å². The molecule has 22 heavy (non-hydrogen) atoms. The van der Waals surface area contributed by atoms with Gasteiger partial charge in [0.1, 0.15) is 0 Å².